The molecule has 380 valence electrons. The van der Waals surface area contributed by atoms with E-state index in [4.69, 9.17) is 25.7 Å². The van der Waals surface area contributed by atoms with Gasteiger partial charge in [-0.15, -0.1) is 32.9 Å². The number of rotatable bonds is 14. The molecule has 2 aliphatic rings. The van der Waals surface area contributed by atoms with Crippen molar-refractivity contribution in [2.24, 2.45) is 10.4 Å². The van der Waals surface area contributed by atoms with Crippen LogP contribution in [0.4, 0.5) is 0 Å². The Hall–Kier alpha value is -6.73. The summed E-state index contributed by atoms with van der Waals surface area (Å²) in [4.78, 5) is 68.9. The summed E-state index contributed by atoms with van der Waals surface area (Å²) in [6.07, 6.45) is -1.31. The zero-order valence-electron chi connectivity index (χ0n) is 42.1. The molecule has 0 bridgehead atoms. The molecule has 0 spiro atoms. The van der Waals surface area contributed by atoms with Crippen LogP contribution >= 0.6 is 34.3 Å². The van der Waals surface area contributed by atoms with E-state index in [2.05, 4.69) is 45.0 Å². The number of nitrogens with one attached hydrogen (secondary N) is 3. The quantitative estimate of drug-likeness (QED) is 0.0814. The number of aryl methyl sites for hydroxylation is 3. The van der Waals surface area contributed by atoms with E-state index in [1.165, 1.54) is 4.90 Å². The van der Waals surface area contributed by atoms with Crippen LogP contribution in [0.5, 0.6) is 5.75 Å². The molecule has 0 aliphatic carbocycles. The lowest BCUT2D eigenvalue weighted by atomic mass is 9.85. The van der Waals surface area contributed by atoms with Crippen LogP contribution in [-0.4, -0.2) is 96.5 Å². The minimum atomic E-state index is -1.08. The molecule has 4 aromatic heterocycles. The highest BCUT2D eigenvalue weighted by molar-refractivity contribution is 7.15. The molecule has 1 fully saturated rings. The monoisotopic (exact) mass is 1040 g/mol. The molecule has 7 aromatic rings. The van der Waals surface area contributed by atoms with E-state index in [1.54, 1.807) is 46.9 Å². The Bertz CT molecular complexity index is 3260. The number of nitrogens with zero attached hydrogens (tertiary/aromatic N) is 6. The molecular formula is C54H58ClN9O7S2. The largest absolute Gasteiger partial charge is 0.489 e. The van der Waals surface area contributed by atoms with Gasteiger partial charge in [0.25, 0.3) is 5.91 Å². The van der Waals surface area contributed by atoms with Crippen LogP contribution in [-0.2, 0) is 14.4 Å². The number of thiophene rings is 1. The van der Waals surface area contributed by atoms with Crippen molar-refractivity contribution in [3.05, 3.63) is 134 Å². The Balaban J connectivity index is 0.828. The van der Waals surface area contributed by atoms with Gasteiger partial charge >= 0.3 is 0 Å². The second-order valence-corrected chi connectivity index (χ2v) is 22.4. The van der Waals surface area contributed by atoms with E-state index in [0.29, 0.717) is 33.4 Å². The van der Waals surface area contributed by atoms with Gasteiger partial charge in [0.1, 0.15) is 46.4 Å². The van der Waals surface area contributed by atoms with Gasteiger partial charge in [-0.1, -0.05) is 68.8 Å². The van der Waals surface area contributed by atoms with Gasteiger partial charge in [-0.25, -0.2) is 4.98 Å². The van der Waals surface area contributed by atoms with Gasteiger partial charge in [-0.2, -0.15) is 0 Å². The summed E-state index contributed by atoms with van der Waals surface area (Å²) in [5, 5.41) is 30.8. The third-order valence-electron chi connectivity index (χ3n) is 13.4. The first-order valence-electron chi connectivity index (χ1n) is 24.2. The minimum absolute atomic E-state index is 0.0163. The Morgan fingerprint density at radius 3 is 2.37 bits per heavy atom. The molecule has 0 saturated carbocycles. The molecule has 4 N–H and O–H groups in total. The molecule has 6 atom stereocenters. The third kappa shape index (κ3) is 10.7. The number of β-amino-alcohol motifs (C(OH)–C–C–N with tert-alkyl or cyclic N) is 1. The fraction of sp³-hybridized carbons (Fsp3) is 0.370. The predicted octanol–water partition coefficient (Wildman–Crippen LogP) is 8.94. The van der Waals surface area contributed by atoms with Gasteiger partial charge in [-0.05, 0) is 100 Å². The number of fused-ring (bicyclic) bond motifs is 4. The average molecular weight is 1040 g/mol. The van der Waals surface area contributed by atoms with Gasteiger partial charge < -0.3 is 35.1 Å². The van der Waals surface area contributed by atoms with Crippen LogP contribution in [0, 0.1) is 33.1 Å². The van der Waals surface area contributed by atoms with Crippen molar-refractivity contribution in [1.82, 2.24) is 40.6 Å². The molecule has 6 heterocycles. The standard InChI is InChI=1S/C54H58ClN9O7S2/c1-27(24-56-44(66)23-40-49-62-61-32(6)64(49)53-45(28(2)31(5)73-53)46(59-40)34-14-16-37(55)17-15-34)70-39-18-19-42-36(20-39)21-43(71-42)51(68)60-48(54(7,8)9)52(69)63-25-38(65)22-41(63)50(67)58-29(3)33-10-12-35(13-11-33)47-30(4)57-26-72-47/h10-21,26-27,29,38,40-41,48,65H,22-25H2,1-9H3,(H,56,66)(H,58,67)(H,60,68)/t27-,29+,38-,40+,41+,48?/m1/s1. The first kappa shape index (κ1) is 51.2. The normalized spacial score (nSPS) is 17.8. The topological polar surface area (TPSA) is 206 Å². The highest BCUT2D eigenvalue weighted by Crippen LogP contribution is 2.40. The molecule has 9 rings (SSSR count). The van der Waals surface area contributed by atoms with Gasteiger partial charge in [0.15, 0.2) is 11.6 Å². The zero-order chi connectivity index (χ0) is 52.0. The lowest BCUT2D eigenvalue weighted by Gasteiger charge is -2.35. The zero-order valence-corrected chi connectivity index (χ0v) is 44.5. The lowest BCUT2D eigenvalue weighted by Crippen LogP contribution is -2.57. The molecule has 19 heteroatoms. The average Bonchev–Trinajstić information content (AvgIpc) is 4.19. The Labute approximate surface area is 436 Å². The molecule has 0 radical (unpaired) electrons. The Morgan fingerprint density at radius 1 is 0.945 bits per heavy atom. The smallest absolute Gasteiger partial charge is 0.287 e. The lowest BCUT2D eigenvalue weighted by molar-refractivity contribution is -0.142. The van der Waals surface area contributed by atoms with Crippen molar-refractivity contribution in [2.75, 3.05) is 13.1 Å². The van der Waals surface area contributed by atoms with Crippen molar-refractivity contribution in [1.29, 1.82) is 0 Å². The van der Waals surface area contributed by atoms with Gasteiger partial charge in [0.2, 0.25) is 17.7 Å². The molecular weight excluding hydrogens is 986 g/mol. The Morgan fingerprint density at radius 2 is 1.67 bits per heavy atom. The van der Waals surface area contributed by atoms with E-state index in [0.717, 1.165) is 54.0 Å². The van der Waals surface area contributed by atoms with Crippen molar-refractivity contribution >= 4 is 74.6 Å². The number of aromatic nitrogens is 4. The molecule has 16 nitrogen and oxygen atoms in total. The van der Waals surface area contributed by atoms with E-state index in [-0.39, 0.29) is 43.6 Å². The number of carbonyl (C=O) groups is 4. The van der Waals surface area contributed by atoms with Crippen LogP contribution in [0.2, 0.25) is 5.02 Å². The number of likely N-dealkylation sites (tertiary alicyclic amines) is 1. The maximum atomic E-state index is 14.4. The number of aliphatic hydroxyl groups is 1. The molecule has 1 saturated heterocycles. The molecule has 2 aliphatic heterocycles. The summed E-state index contributed by atoms with van der Waals surface area (Å²) >= 11 is 9.48. The van der Waals surface area contributed by atoms with E-state index in [9.17, 15) is 24.3 Å². The van der Waals surface area contributed by atoms with E-state index < -0.39 is 53.5 Å². The van der Waals surface area contributed by atoms with Crippen LogP contribution in [0.25, 0.3) is 26.4 Å². The van der Waals surface area contributed by atoms with Crippen LogP contribution in [0.1, 0.15) is 115 Å². The number of benzene rings is 3. The highest BCUT2D eigenvalue weighted by Gasteiger charge is 2.45. The summed E-state index contributed by atoms with van der Waals surface area (Å²) in [6, 6.07) is 19.1. The molecule has 1 unspecified atom stereocenters. The molecule has 3 aromatic carbocycles. The van der Waals surface area contributed by atoms with E-state index >= 15 is 0 Å². The van der Waals surface area contributed by atoms with Gasteiger partial charge in [0, 0.05) is 39.4 Å². The number of aliphatic hydroxyl groups excluding tert-OH is 1. The maximum absolute atomic E-state index is 14.4. The number of hydrogen-bond acceptors (Lipinski definition) is 13. The number of ether oxygens (including phenoxy) is 1. The molecule has 4 amide bonds. The van der Waals surface area contributed by atoms with Crippen molar-refractivity contribution in [3.8, 4) is 21.2 Å². The van der Waals surface area contributed by atoms with Crippen molar-refractivity contribution in [3.63, 3.8) is 0 Å². The summed E-state index contributed by atoms with van der Waals surface area (Å²) in [6.45, 7) is 17.3. The second-order valence-electron chi connectivity index (χ2n) is 19.9. The highest BCUT2D eigenvalue weighted by atomic mass is 35.5. The number of thiazole rings is 1. The second kappa shape index (κ2) is 20.6. The fourth-order valence-electron chi connectivity index (χ4n) is 9.34. The number of aliphatic imine (C=N–C) groups is 1. The number of hydrogen-bond donors (Lipinski definition) is 4. The van der Waals surface area contributed by atoms with Crippen LogP contribution < -0.4 is 20.7 Å². The number of amides is 4. The minimum Gasteiger partial charge on any atom is -0.489 e. The first-order valence-corrected chi connectivity index (χ1v) is 26.2. The predicted molar refractivity (Wildman–Crippen MR) is 283 cm³/mol. The van der Waals surface area contributed by atoms with E-state index in [1.807, 2.05) is 107 Å². The third-order valence-corrected chi connectivity index (χ3v) is 15.8. The van der Waals surface area contributed by atoms with Crippen LogP contribution in [0.3, 0.4) is 0 Å². The van der Waals surface area contributed by atoms with Gasteiger partial charge in [0.05, 0.1) is 46.9 Å². The summed E-state index contributed by atoms with van der Waals surface area (Å²) in [5.41, 5.74) is 8.02. The maximum Gasteiger partial charge on any atom is 0.287 e. The SMILES string of the molecule is Cc1ncsc1-c1ccc([C@H](C)NC(=O)[C@@H]2C[C@@H](O)CN2C(=O)C(NC(=O)c2cc3cc(O[C@H](C)CNC(=O)C[C@@H]4N=C(c5ccc(Cl)cc5)c5c(sc(C)c5C)-n5c(C)nnc54)ccc3o2)C(C)(C)C)cc1. The molecule has 73 heavy (non-hydrogen) atoms. The number of carbonyl (C=O) groups excluding carboxylic acids is 4. The van der Waals surface area contributed by atoms with Crippen molar-refractivity contribution < 1.29 is 33.4 Å². The summed E-state index contributed by atoms with van der Waals surface area (Å²) in [7, 11) is 0. The summed E-state index contributed by atoms with van der Waals surface area (Å²) in [5.74, 6) is -0.0168. The summed E-state index contributed by atoms with van der Waals surface area (Å²) < 4.78 is 14.2. The number of halogens is 1. The Kier molecular flexibility index (Phi) is 14.5. The van der Waals surface area contributed by atoms with Crippen molar-refractivity contribution in [2.45, 2.75) is 112 Å². The fourth-order valence-corrected chi connectivity index (χ4v) is 11.5. The van der Waals surface area contributed by atoms with Crippen LogP contribution in [0.15, 0.2) is 87.7 Å². The van der Waals surface area contributed by atoms with Gasteiger partial charge in [-0.3, -0.25) is 28.7 Å². The first-order chi connectivity index (χ1) is 34.7. The number of furan rings is 1.